The number of nitrogens with zero attached hydrogens (tertiary/aromatic N) is 1. The van der Waals surface area contributed by atoms with E-state index in [1.54, 1.807) is 0 Å². The van der Waals surface area contributed by atoms with Gasteiger partial charge in [0.25, 0.3) is 0 Å². The number of pyridine rings is 1. The number of benzene rings is 2. The van der Waals surface area contributed by atoms with E-state index in [2.05, 4.69) is 17.1 Å². The van der Waals surface area contributed by atoms with Gasteiger partial charge in [0.1, 0.15) is 0 Å². The lowest BCUT2D eigenvalue weighted by Crippen LogP contribution is -2.02. The first-order valence-corrected chi connectivity index (χ1v) is 6.41. The van der Waals surface area contributed by atoms with Crippen molar-refractivity contribution in [2.75, 3.05) is 13.2 Å². The number of hydrogen-bond donors (Lipinski definition) is 1. The van der Waals surface area contributed by atoms with Crippen molar-refractivity contribution in [3.8, 4) is 5.88 Å². The second-order valence-corrected chi connectivity index (χ2v) is 4.41. The van der Waals surface area contributed by atoms with Gasteiger partial charge in [-0.2, -0.15) is 0 Å². The number of aliphatic hydroxyl groups excluding tert-OH is 1. The van der Waals surface area contributed by atoms with Crippen LogP contribution >= 0.6 is 0 Å². The van der Waals surface area contributed by atoms with E-state index in [-0.39, 0.29) is 6.61 Å². The number of para-hydroxylation sites is 1. The fraction of sp³-hybridized carbons (Fsp3) is 0.188. The third kappa shape index (κ3) is 2.25. The summed E-state index contributed by atoms with van der Waals surface area (Å²) >= 11 is 0. The SMILES string of the molecule is OCCCOc1nc2ccccc2c2ccccc12. The van der Waals surface area contributed by atoms with Gasteiger partial charge in [-0.25, -0.2) is 4.98 Å². The van der Waals surface area contributed by atoms with Crippen LogP contribution < -0.4 is 4.74 Å². The molecule has 0 saturated carbocycles. The first-order chi connectivity index (χ1) is 9.40. The molecule has 0 unspecified atom stereocenters. The number of fused-ring (bicyclic) bond motifs is 3. The second kappa shape index (κ2) is 5.24. The Balaban J connectivity index is 2.18. The Bertz CT molecular complexity index is 709. The zero-order valence-corrected chi connectivity index (χ0v) is 10.5. The number of ether oxygens (including phenoxy) is 1. The lowest BCUT2D eigenvalue weighted by molar-refractivity contribution is 0.231. The van der Waals surface area contributed by atoms with Crippen LogP contribution in [-0.2, 0) is 0 Å². The summed E-state index contributed by atoms with van der Waals surface area (Å²) in [5, 5.41) is 12.1. The summed E-state index contributed by atoms with van der Waals surface area (Å²) in [5.41, 5.74) is 0.931. The van der Waals surface area contributed by atoms with E-state index in [0.29, 0.717) is 18.9 Å². The Morgan fingerprint density at radius 3 is 2.37 bits per heavy atom. The standard InChI is InChI=1S/C16H15NO2/c18-10-5-11-19-16-14-8-2-1-6-12(14)13-7-3-4-9-15(13)17-16/h1-4,6-9,18H,5,10-11H2. The van der Waals surface area contributed by atoms with Gasteiger partial charge < -0.3 is 9.84 Å². The molecule has 0 aliphatic rings. The summed E-state index contributed by atoms with van der Waals surface area (Å²) in [4.78, 5) is 4.57. The van der Waals surface area contributed by atoms with Crippen LogP contribution in [0.15, 0.2) is 48.5 Å². The highest BCUT2D eigenvalue weighted by molar-refractivity contribution is 6.07. The summed E-state index contributed by atoms with van der Waals surface area (Å²) in [6.07, 6.45) is 0.614. The van der Waals surface area contributed by atoms with Gasteiger partial charge in [0.05, 0.1) is 12.1 Å². The first kappa shape index (κ1) is 11.9. The van der Waals surface area contributed by atoms with Crippen molar-refractivity contribution < 1.29 is 9.84 Å². The van der Waals surface area contributed by atoms with Crippen LogP contribution in [0.4, 0.5) is 0 Å². The van der Waals surface area contributed by atoms with Gasteiger partial charge in [0.15, 0.2) is 0 Å². The molecule has 0 spiro atoms. The molecule has 0 fully saturated rings. The maximum Gasteiger partial charge on any atom is 0.221 e. The van der Waals surface area contributed by atoms with Gasteiger partial charge >= 0.3 is 0 Å². The van der Waals surface area contributed by atoms with Crippen molar-refractivity contribution in [3.05, 3.63) is 48.5 Å². The van der Waals surface area contributed by atoms with Crippen LogP contribution in [0, 0.1) is 0 Å². The summed E-state index contributed by atoms with van der Waals surface area (Å²) in [6, 6.07) is 16.2. The molecule has 1 aromatic heterocycles. The molecule has 0 aliphatic heterocycles. The molecule has 1 heterocycles. The van der Waals surface area contributed by atoms with Gasteiger partial charge in [0, 0.05) is 23.8 Å². The van der Waals surface area contributed by atoms with Crippen molar-refractivity contribution in [3.63, 3.8) is 0 Å². The number of aromatic nitrogens is 1. The van der Waals surface area contributed by atoms with Crippen molar-refractivity contribution in [1.82, 2.24) is 4.98 Å². The predicted octanol–water partition coefficient (Wildman–Crippen LogP) is 3.15. The average Bonchev–Trinajstić information content (AvgIpc) is 2.47. The Kier molecular flexibility index (Phi) is 3.29. The molecule has 96 valence electrons. The lowest BCUT2D eigenvalue weighted by Gasteiger charge is -2.10. The van der Waals surface area contributed by atoms with Crippen LogP contribution in [-0.4, -0.2) is 23.3 Å². The monoisotopic (exact) mass is 253 g/mol. The summed E-state index contributed by atoms with van der Waals surface area (Å²) in [6.45, 7) is 0.608. The van der Waals surface area contributed by atoms with Crippen LogP contribution in [0.3, 0.4) is 0 Å². The van der Waals surface area contributed by atoms with Gasteiger partial charge in [-0.1, -0.05) is 36.4 Å². The fourth-order valence-corrected chi connectivity index (χ4v) is 2.22. The Morgan fingerprint density at radius 2 is 1.58 bits per heavy atom. The van der Waals surface area contributed by atoms with E-state index in [0.717, 1.165) is 21.7 Å². The quantitative estimate of drug-likeness (QED) is 0.573. The molecule has 0 aliphatic carbocycles. The van der Waals surface area contributed by atoms with E-state index >= 15 is 0 Å². The van der Waals surface area contributed by atoms with Gasteiger partial charge in [-0.3, -0.25) is 0 Å². The first-order valence-electron chi connectivity index (χ1n) is 6.41. The largest absolute Gasteiger partial charge is 0.477 e. The van der Waals surface area contributed by atoms with E-state index in [1.165, 1.54) is 0 Å². The third-order valence-electron chi connectivity index (χ3n) is 3.11. The summed E-state index contributed by atoms with van der Waals surface area (Å²) in [7, 11) is 0. The minimum Gasteiger partial charge on any atom is -0.477 e. The Labute approximate surface area is 111 Å². The zero-order valence-electron chi connectivity index (χ0n) is 10.5. The molecular weight excluding hydrogens is 238 g/mol. The fourth-order valence-electron chi connectivity index (χ4n) is 2.22. The summed E-state index contributed by atoms with van der Waals surface area (Å²) < 4.78 is 5.70. The minimum absolute atomic E-state index is 0.130. The van der Waals surface area contributed by atoms with E-state index in [9.17, 15) is 0 Å². The highest BCUT2D eigenvalue weighted by atomic mass is 16.5. The van der Waals surface area contributed by atoms with Gasteiger partial charge in [-0.15, -0.1) is 0 Å². The lowest BCUT2D eigenvalue weighted by atomic mass is 10.1. The highest BCUT2D eigenvalue weighted by Crippen LogP contribution is 2.30. The number of aliphatic hydroxyl groups is 1. The highest BCUT2D eigenvalue weighted by Gasteiger charge is 2.08. The maximum atomic E-state index is 8.83. The van der Waals surface area contributed by atoms with Crippen LogP contribution in [0.25, 0.3) is 21.7 Å². The molecule has 3 heteroatoms. The van der Waals surface area contributed by atoms with Crippen molar-refractivity contribution in [1.29, 1.82) is 0 Å². The smallest absolute Gasteiger partial charge is 0.221 e. The molecule has 3 rings (SSSR count). The third-order valence-corrected chi connectivity index (χ3v) is 3.11. The topological polar surface area (TPSA) is 42.4 Å². The molecule has 0 atom stereocenters. The molecule has 3 nitrogen and oxygen atoms in total. The molecule has 19 heavy (non-hydrogen) atoms. The van der Waals surface area contributed by atoms with Crippen LogP contribution in [0.5, 0.6) is 5.88 Å². The molecule has 0 radical (unpaired) electrons. The summed E-state index contributed by atoms with van der Waals surface area (Å²) in [5.74, 6) is 0.641. The Morgan fingerprint density at radius 1 is 0.895 bits per heavy atom. The number of rotatable bonds is 4. The normalized spacial score (nSPS) is 11.0. The van der Waals surface area contributed by atoms with E-state index in [1.807, 2.05) is 36.4 Å². The maximum absolute atomic E-state index is 8.83. The molecule has 1 N–H and O–H groups in total. The van der Waals surface area contributed by atoms with Crippen molar-refractivity contribution >= 4 is 21.7 Å². The van der Waals surface area contributed by atoms with Crippen molar-refractivity contribution in [2.24, 2.45) is 0 Å². The molecular formula is C16H15NO2. The van der Waals surface area contributed by atoms with E-state index < -0.39 is 0 Å². The second-order valence-electron chi connectivity index (χ2n) is 4.41. The molecule has 2 aromatic carbocycles. The van der Waals surface area contributed by atoms with Crippen molar-refractivity contribution in [2.45, 2.75) is 6.42 Å². The Hall–Kier alpha value is -2.13. The van der Waals surface area contributed by atoms with Crippen LogP contribution in [0.1, 0.15) is 6.42 Å². The minimum atomic E-state index is 0.130. The van der Waals surface area contributed by atoms with Gasteiger partial charge in [-0.05, 0) is 17.5 Å². The molecule has 0 amide bonds. The predicted molar refractivity (Wildman–Crippen MR) is 76.4 cm³/mol. The molecule has 0 saturated heterocycles. The van der Waals surface area contributed by atoms with Gasteiger partial charge in [0.2, 0.25) is 5.88 Å². The molecule has 0 bridgehead atoms. The van der Waals surface area contributed by atoms with Crippen LogP contribution in [0.2, 0.25) is 0 Å². The average molecular weight is 253 g/mol. The zero-order chi connectivity index (χ0) is 13.1. The number of hydrogen-bond acceptors (Lipinski definition) is 3. The molecule has 3 aromatic rings. The van der Waals surface area contributed by atoms with E-state index in [4.69, 9.17) is 9.84 Å².